The number of piperidine rings is 1. The average Bonchev–Trinajstić information content (AvgIpc) is 3.05. The third kappa shape index (κ3) is 9.00. The molecular formula is C38H52N6O5. The smallest absolute Gasteiger partial charge is 0.407 e. The topological polar surface area (TPSA) is 129 Å². The fourth-order valence-corrected chi connectivity index (χ4v) is 6.86. The minimum atomic E-state index is -0.528. The van der Waals surface area contributed by atoms with Crippen molar-refractivity contribution in [2.45, 2.75) is 98.4 Å². The Morgan fingerprint density at radius 2 is 1.76 bits per heavy atom. The number of aryl methyl sites for hydroxylation is 2. The SMILES string of the molecule is CCN(c1cc(-c2ccc(N3CCC(NC(=O)OC(C)(C)C)CC3)nc2)cc(C(=O)NCc2c(C)cc(C)[nH]c2=O)c1C)C1CCOCC1. The van der Waals surface area contributed by atoms with Crippen LogP contribution in [0.25, 0.3) is 11.1 Å². The molecule has 0 unspecified atom stereocenters. The molecule has 0 atom stereocenters. The van der Waals surface area contributed by atoms with Gasteiger partial charge in [0, 0.05) is 85.7 Å². The van der Waals surface area contributed by atoms with Crippen LogP contribution in [0.5, 0.6) is 0 Å². The molecule has 49 heavy (non-hydrogen) atoms. The summed E-state index contributed by atoms with van der Waals surface area (Å²) < 4.78 is 11.1. The Kier molecular flexibility index (Phi) is 11.3. The third-order valence-electron chi connectivity index (χ3n) is 9.45. The maximum atomic E-state index is 13.9. The molecule has 11 heteroatoms. The zero-order valence-corrected chi connectivity index (χ0v) is 30.1. The summed E-state index contributed by atoms with van der Waals surface area (Å²) in [4.78, 5) is 51.1. The Bertz CT molecular complexity index is 1680. The van der Waals surface area contributed by atoms with Gasteiger partial charge in [0.2, 0.25) is 0 Å². The van der Waals surface area contributed by atoms with Gasteiger partial charge in [-0.15, -0.1) is 0 Å². The van der Waals surface area contributed by atoms with Crippen LogP contribution in [0.1, 0.15) is 86.1 Å². The van der Waals surface area contributed by atoms with E-state index >= 15 is 0 Å². The Balaban J connectivity index is 1.37. The number of H-pyrrole nitrogens is 1. The van der Waals surface area contributed by atoms with Crippen molar-refractivity contribution in [2.75, 3.05) is 42.6 Å². The molecule has 0 saturated carbocycles. The monoisotopic (exact) mass is 672 g/mol. The molecule has 2 fully saturated rings. The van der Waals surface area contributed by atoms with Crippen LogP contribution in [0.4, 0.5) is 16.3 Å². The lowest BCUT2D eigenvalue weighted by Crippen LogP contribution is -2.46. The summed E-state index contributed by atoms with van der Waals surface area (Å²) in [5.41, 5.74) is 5.78. The molecule has 3 aromatic rings. The molecule has 2 aliphatic heterocycles. The first-order chi connectivity index (χ1) is 23.3. The van der Waals surface area contributed by atoms with Gasteiger partial charge >= 0.3 is 6.09 Å². The highest BCUT2D eigenvalue weighted by Crippen LogP contribution is 2.34. The van der Waals surface area contributed by atoms with Crippen molar-refractivity contribution >= 4 is 23.5 Å². The van der Waals surface area contributed by atoms with Crippen molar-refractivity contribution in [3.05, 3.63) is 74.8 Å². The lowest BCUT2D eigenvalue weighted by Gasteiger charge is -2.37. The first-order valence-corrected chi connectivity index (χ1v) is 17.5. The number of carbonyl (C=O) groups is 2. The zero-order chi connectivity index (χ0) is 35.3. The van der Waals surface area contributed by atoms with E-state index in [4.69, 9.17) is 14.5 Å². The predicted molar refractivity (Wildman–Crippen MR) is 194 cm³/mol. The highest BCUT2D eigenvalue weighted by atomic mass is 16.6. The van der Waals surface area contributed by atoms with Gasteiger partial charge in [-0.3, -0.25) is 9.59 Å². The van der Waals surface area contributed by atoms with E-state index in [1.807, 2.05) is 65.9 Å². The normalized spacial score (nSPS) is 15.9. The third-order valence-corrected chi connectivity index (χ3v) is 9.45. The number of ether oxygens (including phenoxy) is 2. The summed E-state index contributed by atoms with van der Waals surface area (Å²) in [5.74, 6) is 0.649. The number of hydrogen-bond acceptors (Lipinski definition) is 8. The molecule has 2 amide bonds. The first-order valence-electron chi connectivity index (χ1n) is 17.5. The van der Waals surface area contributed by atoms with Crippen LogP contribution in [0.2, 0.25) is 0 Å². The fraction of sp³-hybridized carbons (Fsp3) is 0.526. The molecule has 1 aromatic carbocycles. The van der Waals surface area contributed by atoms with E-state index in [1.165, 1.54) is 0 Å². The van der Waals surface area contributed by atoms with Gasteiger partial charge in [-0.1, -0.05) is 0 Å². The number of benzene rings is 1. The zero-order valence-electron chi connectivity index (χ0n) is 30.1. The number of alkyl carbamates (subject to hydrolysis) is 1. The van der Waals surface area contributed by atoms with Gasteiger partial charge < -0.3 is 34.9 Å². The standard InChI is InChI=1S/C38H52N6O5/c1-8-44(30-13-17-48-18-14-30)33-21-28(20-31(26(33)4)35(45)40-23-32-24(2)19-25(3)41-36(32)46)27-9-10-34(39-22-27)43-15-11-29(12-16-43)42-37(47)49-38(5,6)7/h9-10,19-22,29-30H,8,11-18,23H2,1-7H3,(H,40,45)(H,41,46)(H,42,47). The van der Waals surface area contributed by atoms with Gasteiger partial charge in [0.25, 0.3) is 11.5 Å². The molecule has 0 bridgehead atoms. The highest BCUT2D eigenvalue weighted by Gasteiger charge is 2.27. The molecule has 264 valence electrons. The van der Waals surface area contributed by atoms with Crippen LogP contribution in [0.3, 0.4) is 0 Å². The van der Waals surface area contributed by atoms with Gasteiger partial charge in [0.15, 0.2) is 0 Å². The van der Waals surface area contributed by atoms with E-state index in [0.717, 1.165) is 98.0 Å². The molecule has 0 radical (unpaired) electrons. The van der Waals surface area contributed by atoms with Gasteiger partial charge in [0.1, 0.15) is 11.4 Å². The van der Waals surface area contributed by atoms with Crippen LogP contribution >= 0.6 is 0 Å². The maximum Gasteiger partial charge on any atom is 0.407 e. The summed E-state index contributed by atoms with van der Waals surface area (Å²) in [5, 5.41) is 6.02. The highest BCUT2D eigenvalue weighted by molar-refractivity contribution is 5.99. The fourth-order valence-electron chi connectivity index (χ4n) is 6.86. The second-order valence-electron chi connectivity index (χ2n) is 14.2. The number of carbonyl (C=O) groups excluding carboxylic acids is 2. The lowest BCUT2D eigenvalue weighted by atomic mass is 9.95. The van der Waals surface area contributed by atoms with E-state index < -0.39 is 5.60 Å². The summed E-state index contributed by atoms with van der Waals surface area (Å²) in [6.07, 6.45) is 4.95. The van der Waals surface area contributed by atoms with Gasteiger partial charge in [-0.25, -0.2) is 9.78 Å². The van der Waals surface area contributed by atoms with E-state index in [0.29, 0.717) is 17.2 Å². The average molecular weight is 673 g/mol. The Hall–Kier alpha value is -4.38. The van der Waals surface area contributed by atoms with E-state index in [1.54, 1.807) is 0 Å². The minimum Gasteiger partial charge on any atom is -0.444 e. The van der Waals surface area contributed by atoms with E-state index in [-0.39, 0.29) is 30.1 Å². The summed E-state index contributed by atoms with van der Waals surface area (Å²) in [7, 11) is 0. The molecule has 3 N–H and O–H groups in total. The second kappa shape index (κ2) is 15.4. The van der Waals surface area contributed by atoms with Crippen molar-refractivity contribution in [3.63, 3.8) is 0 Å². The number of nitrogens with one attached hydrogen (secondary N) is 3. The maximum absolute atomic E-state index is 13.9. The number of rotatable bonds is 9. The number of aromatic amines is 1. The largest absolute Gasteiger partial charge is 0.444 e. The Morgan fingerprint density at radius 1 is 1.04 bits per heavy atom. The minimum absolute atomic E-state index is 0.0615. The number of hydrogen-bond donors (Lipinski definition) is 3. The molecule has 0 aliphatic carbocycles. The van der Waals surface area contributed by atoms with Crippen LogP contribution in [0.15, 0.2) is 41.3 Å². The summed E-state index contributed by atoms with van der Waals surface area (Å²) in [6.45, 7) is 17.4. The molecule has 2 saturated heterocycles. The first kappa shape index (κ1) is 35.9. The number of amides is 2. The van der Waals surface area contributed by atoms with Crippen molar-refractivity contribution in [3.8, 4) is 11.1 Å². The Morgan fingerprint density at radius 3 is 2.37 bits per heavy atom. The van der Waals surface area contributed by atoms with Gasteiger partial charge in [-0.05, 0) is 121 Å². The second-order valence-corrected chi connectivity index (χ2v) is 14.2. The number of nitrogens with zero attached hydrogens (tertiary/aromatic N) is 3. The molecule has 11 nitrogen and oxygen atoms in total. The van der Waals surface area contributed by atoms with Crippen molar-refractivity contribution in [2.24, 2.45) is 0 Å². The molecular weight excluding hydrogens is 620 g/mol. The number of aromatic nitrogens is 2. The molecule has 4 heterocycles. The molecule has 2 aliphatic rings. The van der Waals surface area contributed by atoms with Crippen LogP contribution < -0.4 is 26.0 Å². The van der Waals surface area contributed by atoms with E-state index in [2.05, 4.69) is 44.5 Å². The van der Waals surface area contributed by atoms with Crippen LogP contribution in [-0.4, -0.2) is 72.5 Å². The number of pyridine rings is 2. The van der Waals surface area contributed by atoms with Gasteiger partial charge in [0.05, 0.1) is 0 Å². The van der Waals surface area contributed by atoms with Crippen LogP contribution in [-0.2, 0) is 16.0 Å². The quantitative estimate of drug-likeness (QED) is 0.261. The van der Waals surface area contributed by atoms with Crippen molar-refractivity contribution < 1.29 is 19.1 Å². The lowest BCUT2D eigenvalue weighted by molar-refractivity contribution is 0.0497. The summed E-state index contributed by atoms with van der Waals surface area (Å²) >= 11 is 0. The van der Waals surface area contributed by atoms with E-state index in [9.17, 15) is 14.4 Å². The molecule has 0 spiro atoms. The summed E-state index contributed by atoms with van der Waals surface area (Å²) in [6, 6.07) is 10.5. The van der Waals surface area contributed by atoms with Crippen molar-refractivity contribution in [1.82, 2.24) is 20.6 Å². The number of anilines is 2. The molecule has 2 aromatic heterocycles. The van der Waals surface area contributed by atoms with Gasteiger partial charge in [-0.2, -0.15) is 0 Å². The van der Waals surface area contributed by atoms with Crippen LogP contribution in [0, 0.1) is 20.8 Å². The molecule has 5 rings (SSSR count). The Labute approximate surface area is 289 Å². The predicted octanol–water partition coefficient (Wildman–Crippen LogP) is 5.79. The van der Waals surface area contributed by atoms with Crippen molar-refractivity contribution in [1.29, 1.82) is 0 Å².